The normalized spacial score (nSPS) is 11.9. The van der Waals surface area contributed by atoms with E-state index in [0.29, 0.717) is 6.61 Å². The Morgan fingerprint density at radius 1 is 1.33 bits per heavy atom. The number of phenolic OH excluding ortho intramolecular Hbond substituents is 1. The third-order valence-corrected chi connectivity index (χ3v) is 2.66. The largest absolute Gasteiger partial charge is 0.507 e. The number of carbonyl (C=O) groups is 2. The Balaban J connectivity index is 2.67. The number of para-hydroxylation sites is 1. The molecule has 0 bridgehead atoms. The number of aromatic hydroxyl groups is 1. The number of rotatable bonds is 6. The molecule has 1 rings (SSSR count). The molecule has 98 valence electrons. The quantitative estimate of drug-likeness (QED) is 0.365. The van der Waals surface area contributed by atoms with Crippen molar-refractivity contribution in [2.75, 3.05) is 6.61 Å². The number of phenols is 1. The number of benzene rings is 1. The Labute approximate surface area is 107 Å². The van der Waals surface area contributed by atoms with Gasteiger partial charge in [-0.15, -0.1) is 0 Å². The van der Waals surface area contributed by atoms with Gasteiger partial charge in [-0.3, -0.25) is 9.59 Å². The van der Waals surface area contributed by atoms with Crippen molar-refractivity contribution in [3.05, 3.63) is 29.8 Å². The van der Waals surface area contributed by atoms with Gasteiger partial charge >= 0.3 is 5.97 Å². The number of Topliss-reactive ketones (excluding diaryl/α,β-unsaturated/α-hetero) is 1. The van der Waals surface area contributed by atoms with E-state index < -0.39 is 17.7 Å². The fraction of sp³-hybridized carbons (Fsp3) is 0.429. The first-order valence-electron chi connectivity index (χ1n) is 6.06. The zero-order valence-corrected chi connectivity index (χ0v) is 10.7. The van der Waals surface area contributed by atoms with Gasteiger partial charge in [-0.05, 0) is 25.5 Å². The molecule has 0 aromatic heterocycles. The summed E-state index contributed by atoms with van der Waals surface area (Å²) in [5, 5.41) is 9.55. The van der Waals surface area contributed by atoms with Crippen LogP contribution in [0.5, 0.6) is 5.75 Å². The van der Waals surface area contributed by atoms with Gasteiger partial charge in [0.15, 0.2) is 5.78 Å². The lowest BCUT2D eigenvalue weighted by molar-refractivity contribution is -0.146. The van der Waals surface area contributed by atoms with E-state index in [1.54, 1.807) is 12.1 Å². The van der Waals surface area contributed by atoms with Gasteiger partial charge in [-0.1, -0.05) is 25.5 Å². The maximum Gasteiger partial charge on any atom is 0.316 e. The second-order valence-corrected chi connectivity index (χ2v) is 4.12. The van der Waals surface area contributed by atoms with Crippen molar-refractivity contribution in [3.8, 4) is 5.75 Å². The molecule has 4 heteroatoms. The molecule has 0 heterocycles. The van der Waals surface area contributed by atoms with Gasteiger partial charge in [-0.2, -0.15) is 0 Å². The molecule has 0 fully saturated rings. The van der Waals surface area contributed by atoms with Gasteiger partial charge < -0.3 is 9.84 Å². The van der Waals surface area contributed by atoms with E-state index >= 15 is 0 Å². The molecule has 0 saturated heterocycles. The first kappa shape index (κ1) is 14.2. The number of esters is 1. The summed E-state index contributed by atoms with van der Waals surface area (Å²) in [5.41, 5.74) is 0.150. The molecular weight excluding hydrogens is 232 g/mol. The van der Waals surface area contributed by atoms with Crippen molar-refractivity contribution in [2.45, 2.75) is 26.7 Å². The number of hydrogen-bond donors (Lipinski definition) is 1. The molecule has 0 radical (unpaired) electrons. The minimum Gasteiger partial charge on any atom is -0.507 e. The molecule has 0 spiro atoms. The van der Waals surface area contributed by atoms with Crippen LogP contribution in [0, 0.1) is 5.92 Å². The standard InChI is InChI=1S/C14H18O4/c1-3-4-9-18-14(17)10(2)13(16)11-7-5-6-8-12(11)15/h5-8,10,15H,3-4,9H2,1-2H3. The highest BCUT2D eigenvalue weighted by molar-refractivity contribution is 6.09. The van der Waals surface area contributed by atoms with Gasteiger partial charge in [0.25, 0.3) is 0 Å². The molecule has 1 atom stereocenters. The van der Waals surface area contributed by atoms with Crippen LogP contribution in [0.2, 0.25) is 0 Å². The highest BCUT2D eigenvalue weighted by Gasteiger charge is 2.25. The maximum atomic E-state index is 12.0. The van der Waals surface area contributed by atoms with Gasteiger partial charge in [0.1, 0.15) is 11.7 Å². The lowest BCUT2D eigenvalue weighted by Gasteiger charge is -2.11. The molecule has 0 saturated carbocycles. The summed E-state index contributed by atoms with van der Waals surface area (Å²) in [7, 11) is 0. The summed E-state index contributed by atoms with van der Waals surface area (Å²) in [4.78, 5) is 23.6. The molecule has 0 aliphatic heterocycles. The van der Waals surface area contributed by atoms with E-state index in [1.165, 1.54) is 19.1 Å². The van der Waals surface area contributed by atoms with Crippen LogP contribution in [-0.4, -0.2) is 23.5 Å². The second kappa shape index (κ2) is 6.79. The van der Waals surface area contributed by atoms with Gasteiger partial charge in [0, 0.05) is 0 Å². The van der Waals surface area contributed by atoms with Gasteiger partial charge in [0.2, 0.25) is 0 Å². The van der Waals surface area contributed by atoms with Crippen LogP contribution >= 0.6 is 0 Å². The number of ketones is 1. The van der Waals surface area contributed by atoms with Crippen molar-refractivity contribution in [3.63, 3.8) is 0 Å². The zero-order valence-electron chi connectivity index (χ0n) is 10.7. The van der Waals surface area contributed by atoms with Crippen molar-refractivity contribution >= 4 is 11.8 Å². The average molecular weight is 250 g/mol. The topological polar surface area (TPSA) is 63.6 Å². The summed E-state index contributed by atoms with van der Waals surface area (Å²) < 4.78 is 4.99. The van der Waals surface area contributed by atoms with Gasteiger partial charge in [-0.25, -0.2) is 0 Å². The second-order valence-electron chi connectivity index (χ2n) is 4.12. The third-order valence-electron chi connectivity index (χ3n) is 2.66. The smallest absolute Gasteiger partial charge is 0.316 e. The minimum atomic E-state index is -0.893. The molecule has 1 N–H and O–H groups in total. The first-order valence-corrected chi connectivity index (χ1v) is 6.06. The first-order chi connectivity index (χ1) is 8.57. The summed E-state index contributed by atoms with van der Waals surface area (Å²) in [6.07, 6.45) is 1.71. The summed E-state index contributed by atoms with van der Waals surface area (Å²) in [6.45, 7) is 3.81. The number of hydrogen-bond acceptors (Lipinski definition) is 4. The Bertz CT molecular complexity index is 426. The molecule has 18 heavy (non-hydrogen) atoms. The highest BCUT2D eigenvalue weighted by atomic mass is 16.5. The summed E-state index contributed by atoms with van der Waals surface area (Å²) >= 11 is 0. The monoisotopic (exact) mass is 250 g/mol. The minimum absolute atomic E-state index is 0.115. The SMILES string of the molecule is CCCCOC(=O)C(C)C(=O)c1ccccc1O. The Morgan fingerprint density at radius 3 is 2.61 bits per heavy atom. The van der Waals surface area contributed by atoms with Crippen molar-refractivity contribution in [1.29, 1.82) is 0 Å². The predicted molar refractivity (Wildman–Crippen MR) is 67.5 cm³/mol. The molecule has 0 amide bonds. The molecule has 0 aliphatic rings. The van der Waals surface area contributed by atoms with E-state index in [2.05, 4.69) is 0 Å². The zero-order chi connectivity index (χ0) is 13.5. The molecule has 4 nitrogen and oxygen atoms in total. The van der Waals surface area contributed by atoms with E-state index in [4.69, 9.17) is 4.74 Å². The van der Waals surface area contributed by atoms with Gasteiger partial charge in [0.05, 0.1) is 12.2 Å². The number of ether oxygens (including phenoxy) is 1. The van der Waals surface area contributed by atoms with Crippen LogP contribution in [0.3, 0.4) is 0 Å². The third kappa shape index (κ3) is 3.58. The molecule has 1 aromatic carbocycles. The summed E-state index contributed by atoms with van der Waals surface area (Å²) in [5.74, 6) is -1.97. The Hall–Kier alpha value is -1.84. The molecular formula is C14H18O4. The van der Waals surface area contributed by atoms with Crippen LogP contribution in [0.1, 0.15) is 37.0 Å². The van der Waals surface area contributed by atoms with Crippen LogP contribution in [0.4, 0.5) is 0 Å². The average Bonchev–Trinajstić information content (AvgIpc) is 2.38. The van der Waals surface area contributed by atoms with Crippen molar-refractivity contribution < 1.29 is 19.4 Å². The van der Waals surface area contributed by atoms with E-state index in [-0.39, 0.29) is 11.3 Å². The molecule has 0 aliphatic carbocycles. The van der Waals surface area contributed by atoms with Crippen LogP contribution in [0.15, 0.2) is 24.3 Å². The lowest BCUT2D eigenvalue weighted by Crippen LogP contribution is -2.24. The maximum absolute atomic E-state index is 12.0. The van der Waals surface area contributed by atoms with E-state index in [9.17, 15) is 14.7 Å². The number of carbonyl (C=O) groups excluding carboxylic acids is 2. The number of unbranched alkanes of at least 4 members (excludes halogenated alkanes) is 1. The van der Waals surface area contributed by atoms with Crippen molar-refractivity contribution in [1.82, 2.24) is 0 Å². The summed E-state index contributed by atoms with van der Waals surface area (Å²) in [6, 6.07) is 6.17. The van der Waals surface area contributed by atoms with E-state index in [1.807, 2.05) is 6.92 Å². The molecule has 1 unspecified atom stereocenters. The van der Waals surface area contributed by atoms with Crippen molar-refractivity contribution in [2.24, 2.45) is 5.92 Å². The van der Waals surface area contributed by atoms with E-state index in [0.717, 1.165) is 12.8 Å². The fourth-order valence-electron chi connectivity index (χ4n) is 1.46. The lowest BCUT2D eigenvalue weighted by atomic mass is 9.99. The highest BCUT2D eigenvalue weighted by Crippen LogP contribution is 2.20. The Kier molecular flexibility index (Phi) is 5.36. The fourth-order valence-corrected chi connectivity index (χ4v) is 1.46. The molecule has 1 aromatic rings. The van der Waals surface area contributed by atoms with Crippen LogP contribution in [0.25, 0.3) is 0 Å². The predicted octanol–water partition coefficient (Wildman–Crippen LogP) is 2.55. The van der Waals surface area contributed by atoms with Crippen LogP contribution < -0.4 is 0 Å². The Morgan fingerprint density at radius 2 is 2.00 bits per heavy atom. The van der Waals surface area contributed by atoms with Crippen LogP contribution in [-0.2, 0) is 9.53 Å².